The van der Waals surface area contributed by atoms with Crippen molar-refractivity contribution in [2.24, 2.45) is 5.92 Å². The monoisotopic (exact) mass is 215 g/mol. The zero-order valence-electron chi connectivity index (χ0n) is 10.3. The lowest BCUT2D eigenvalue weighted by atomic mass is 9.64. The van der Waals surface area contributed by atoms with Crippen molar-refractivity contribution in [1.29, 1.82) is 0 Å². The quantitative estimate of drug-likeness (QED) is 0.699. The van der Waals surface area contributed by atoms with Crippen LogP contribution in [-0.4, -0.2) is 6.54 Å². The van der Waals surface area contributed by atoms with E-state index in [9.17, 15) is 0 Å². The molecule has 86 valence electrons. The molecule has 0 spiro atoms. The average Bonchev–Trinajstić information content (AvgIpc) is 2.29. The molecule has 3 rings (SSSR count). The minimum absolute atomic E-state index is 0.358. The topological polar surface area (TPSA) is 12.0 Å². The molecule has 2 unspecified atom stereocenters. The molecule has 2 aliphatic rings. The molecule has 1 saturated heterocycles. The molecule has 1 heteroatoms. The van der Waals surface area contributed by atoms with Crippen molar-refractivity contribution in [3.8, 4) is 0 Å². The molecule has 16 heavy (non-hydrogen) atoms. The maximum atomic E-state index is 3.72. The fourth-order valence-electron chi connectivity index (χ4n) is 3.69. The molecule has 0 amide bonds. The highest BCUT2D eigenvalue weighted by Gasteiger charge is 2.39. The van der Waals surface area contributed by atoms with Gasteiger partial charge in [-0.05, 0) is 48.3 Å². The minimum atomic E-state index is 0.358. The van der Waals surface area contributed by atoms with Crippen molar-refractivity contribution in [2.45, 2.75) is 44.6 Å². The summed E-state index contributed by atoms with van der Waals surface area (Å²) in [6, 6.07) is 9.64. The molecule has 1 nitrogen and oxygen atoms in total. The number of nitrogens with one attached hydrogen (secondary N) is 1. The first-order chi connectivity index (χ1) is 7.68. The fraction of sp³-hybridized carbons (Fsp3) is 0.600. The van der Waals surface area contributed by atoms with Gasteiger partial charge < -0.3 is 5.32 Å². The third-order valence-corrected chi connectivity index (χ3v) is 4.38. The molecular formula is C15H21N. The van der Waals surface area contributed by atoms with E-state index >= 15 is 0 Å². The second-order valence-corrected chi connectivity index (χ2v) is 6.01. The summed E-state index contributed by atoms with van der Waals surface area (Å²) in [5, 5.41) is 3.72. The van der Waals surface area contributed by atoms with Gasteiger partial charge in [0.15, 0.2) is 0 Å². The van der Waals surface area contributed by atoms with E-state index in [1.807, 2.05) is 0 Å². The first-order valence-electron chi connectivity index (χ1n) is 6.51. The van der Waals surface area contributed by atoms with Crippen LogP contribution in [0.3, 0.4) is 0 Å². The van der Waals surface area contributed by atoms with E-state index in [-0.39, 0.29) is 0 Å². The van der Waals surface area contributed by atoms with Gasteiger partial charge in [-0.3, -0.25) is 0 Å². The van der Waals surface area contributed by atoms with Crippen LogP contribution >= 0.6 is 0 Å². The van der Waals surface area contributed by atoms with Gasteiger partial charge in [-0.2, -0.15) is 0 Å². The van der Waals surface area contributed by atoms with Crippen LogP contribution in [0, 0.1) is 5.92 Å². The molecule has 1 aliphatic carbocycles. The van der Waals surface area contributed by atoms with Crippen molar-refractivity contribution in [3.05, 3.63) is 35.4 Å². The predicted molar refractivity (Wildman–Crippen MR) is 67.6 cm³/mol. The van der Waals surface area contributed by atoms with Crippen LogP contribution in [0.4, 0.5) is 0 Å². The summed E-state index contributed by atoms with van der Waals surface area (Å²) in [5.41, 5.74) is 3.48. The second kappa shape index (κ2) is 3.59. The van der Waals surface area contributed by atoms with Gasteiger partial charge in [0.1, 0.15) is 0 Å². The number of hydrogen-bond donors (Lipinski definition) is 1. The van der Waals surface area contributed by atoms with Crippen molar-refractivity contribution in [3.63, 3.8) is 0 Å². The van der Waals surface area contributed by atoms with Crippen molar-refractivity contribution >= 4 is 0 Å². The first kappa shape index (κ1) is 10.3. The van der Waals surface area contributed by atoms with Gasteiger partial charge in [0.2, 0.25) is 0 Å². The number of benzene rings is 1. The summed E-state index contributed by atoms with van der Waals surface area (Å²) in [7, 11) is 0. The Morgan fingerprint density at radius 3 is 2.94 bits per heavy atom. The van der Waals surface area contributed by atoms with Gasteiger partial charge in [-0.1, -0.05) is 38.1 Å². The Labute approximate surface area is 98.3 Å². The van der Waals surface area contributed by atoms with Gasteiger partial charge in [-0.15, -0.1) is 0 Å². The highest BCUT2D eigenvalue weighted by Crippen LogP contribution is 2.47. The zero-order chi connectivity index (χ0) is 11.2. The SMILES string of the molecule is CC1(C)CC2CCCNC2c2ccccc21. The lowest BCUT2D eigenvalue weighted by Crippen LogP contribution is -2.42. The molecule has 1 N–H and O–H groups in total. The summed E-state index contributed by atoms with van der Waals surface area (Å²) in [6.07, 6.45) is 4.08. The Morgan fingerprint density at radius 2 is 2.06 bits per heavy atom. The largest absolute Gasteiger partial charge is 0.310 e. The smallest absolute Gasteiger partial charge is 0.0351 e. The van der Waals surface area contributed by atoms with E-state index < -0.39 is 0 Å². The Balaban J connectivity index is 2.09. The van der Waals surface area contributed by atoms with Gasteiger partial charge in [0, 0.05) is 6.04 Å². The summed E-state index contributed by atoms with van der Waals surface area (Å²) < 4.78 is 0. The second-order valence-electron chi connectivity index (χ2n) is 6.01. The highest BCUT2D eigenvalue weighted by atomic mass is 14.9. The Morgan fingerprint density at radius 1 is 1.25 bits per heavy atom. The number of hydrogen-bond acceptors (Lipinski definition) is 1. The molecule has 1 heterocycles. The number of rotatable bonds is 0. The summed E-state index contributed by atoms with van der Waals surface area (Å²) >= 11 is 0. The highest BCUT2D eigenvalue weighted by molar-refractivity contribution is 5.39. The van der Waals surface area contributed by atoms with Crippen LogP contribution in [0.5, 0.6) is 0 Å². The maximum Gasteiger partial charge on any atom is 0.0351 e. The van der Waals surface area contributed by atoms with Crippen LogP contribution in [-0.2, 0) is 5.41 Å². The lowest BCUT2D eigenvalue weighted by molar-refractivity contribution is 0.204. The summed E-state index contributed by atoms with van der Waals surface area (Å²) in [6.45, 7) is 5.99. The van der Waals surface area contributed by atoms with Crippen molar-refractivity contribution < 1.29 is 0 Å². The molecular weight excluding hydrogens is 194 g/mol. The van der Waals surface area contributed by atoms with Gasteiger partial charge >= 0.3 is 0 Å². The summed E-state index contributed by atoms with van der Waals surface area (Å²) in [4.78, 5) is 0. The van der Waals surface area contributed by atoms with Crippen LogP contribution in [0.15, 0.2) is 24.3 Å². The number of piperidine rings is 1. The van der Waals surface area contributed by atoms with E-state index in [0.29, 0.717) is 11.5 Å². The fourth-order valence-corrected chi connectivity index (χ4v) is 3.69. The standard InChI is InChI=1S/C15H21N/c1-15(2)10-11-6-5-9-16-14(11)12-7-3-4-8-13(12)15/h3-4,7-8,11,14,16H,5-6,9-10H2,1-2H3. The van der Waals surface area contributed by atoms with E-state index in [4.69, 9.17) is 0 Å². The molecule has 2 atom stereocenters. The van der Waals surface area contributed by atoms with Gasteiger partial charge in [0.25, 0.3) is 0 Å². The van der Waals surface area contributed by atoms with E-state index in [1.165, 1.54) is 25.8 Å². The lowest BCUT2D eigenvalue weighted by Gasteiger charge is -2.45. The van der Waals surface area contributed by atoms with Crippen LogP contribution in [0.25, 0.3) is 0 Å². The van der Waals surface area contributed by atoms with E-state index in [0.717, 1.165) is 5.92 Å². The molecule has 1 fully saturated rings. The van der Waals surface area contributed by atoms with Gasteiger partial charge in [-0.25, -0.2) is 0 Å². The Bertz CT molecular complexity index is 394. The molecule has 1 aromatic rings. The van der Waals surface area contributed by atoms with Crippen LogP contribution < -0.4 is 5.32 Å². The van der Waals surface area contributed by atoms with Crippen LogP contribution in [0.2, 0.25) is 0 Å². The Hall–Kier alpha value is -0.820. The normalized spacial score (nSPS) is 31.6. The van der Waals surface area contributed by atoms with Crippen LogP contribution in [0.1, 0.15) is 50.3 Å². The third-order valence-electron chi connectivity index (χ3n) is 4.38. The van der Waals surface area contributed by atoms with Crippen molar-refractivity contribution in [1.82, 2.24) is 5.32 Å². The zero-order valence-corrected chi connectivity index (χ0v) is 10.3. The van der Waals surface area contributed by atoms with E-state index in [1.54, 1.807) is 11.1 Å². The first-order valence-corrected chi connectivity index (χ1v) is 6.51. The third kappa shape index (κ3) is 1.49. The molecule has 0 saturated carbocycles. The van der Waals surface area contributed by atoms with Crippen molar-refractivity contribution in [2.75, 3.05) is 6.54 Å². The molecule has 0 radical (unpaired) electrons. The van der Waals surface area contributed by atoms with Gasteiger partial charge in [0.05, 0.1) is 0 Å². The molecule has 1 aliphatic heterocycles. The summed E-state index contributed by atoms with van der Waals surface area (Å²) in [5.74, 6) is 0.846. The number of fused-ring (bicyclic) bond motifs is 3. The van der Waals surface area contributed by atoms with E-state index in [2.05, 4.69) is 43.4 Å². The predicted octanol–water partition coefficient (Wildman–Crippen LogP) is 3.41. The minimum Gasteiger partial charge on any atom is -0.310 e. The average molecular weight is 215 g/mol. The maximum absolute atomic E-state index is 3.72. The molecule has 0 bridgehead atoms. The Kier molecular flexibility index (Phi) is 2.32. The molecule has 1 aromatic carbocycles. The molecule has 0 aromatic heterocycles.